The zero-order chi connectivity index (χ0) is 21.3. The molecule has 0 saturated carbocycles. The monoisotopic (exact) mass is 539 g/mol. The van der Waals surface area contributed by atoms with Gasteiger partial charge in [0.25, 0.3) is 5.56 Å². The Morgan fingerprint density at radius 3 is 2.62 bits per heavy atom. The molecule has 0 atom stereocenters. The lowest BCUT2D eigenvalue weighted by Crippen LogP contribution is -2.29. The molecule has 0 fully saturated rings. The summed E-state index contributed by atoms with van der Waals surface area (Å²) in [6.45, 7) is 8.36. The first-order valence-corrected chi connectivity index (χ1v) is 11.0. The number of ether oxygens (including phenoxy) is 1. The van der Waals surface area contributed by atoms with E-state index in [2.05, 4.69) is 37.0 Å². The van der Waals surface area contributed by atoms with E-state index in [4.69, 9.17) is 21.3 Å². The van der Waals surface area contributed by atoms with Crippen LogP contribution in [0, 0.1) is 0 Å². The van der Waals surface area contributed by atoms with Gasteiger partial charge >= 0.3 is 0 Å². The maximum atomic E-state index is 13.2. The van der Waals surface area contributed by atoms with E-state index in [0.29, 0.717) is 39.7 Å². The third-order valence-electron chi connectivity index (χ3n) is 4.12. The van der Waals surface area contributed by atoms with Gasteiger partial charge in [0.1, 0.15) is 11.6 Å². The molecule has 0 saturated heterocycles. The standard InChI is InChI=1S/C21H20Br2ClN3O2/c1-5-29-18-12(8-14(24)10-16(18)23)11-25-27-19(28)15-9-13(22)6-7-17(15)26-20(27)21(2,3)4/h6-11H,5H2,1-4H3. The molecule has 0 bridgehead atoms. The van der Waals surface area contributed by atoms with Crippen molar-refractivity contribution in [2.24, 2.45) is 5.10 Å². The summed E-state index contributed by atoms with van der Waals surface area (Å²) in [6, 6.07) is 8.95. The van der Waals surface area contributed by atoms with Crippen LogP contribution in [-0.2, 0) is 5.41 Å². The molecule has 0 spiro atoms. The fraction of sp³-hybridized carbons (Fsp3) is 0.286. The highest BCUT2D eigenvalue weighted by Gasteiger charge is 2.23. The smallest absolute Gasteiger partial charge is 0.282 e. The van der Waals surface area contributed by atoms with Gasteiger partial charge in [0.15, 0.2) is 0 Å². The van der Waals surface area contributed by atoms with Gasteiger partial charge in [-0.2, -0.15) is 9.78 Å². The summed E-state index contributed by atoms with van der Waals surface area (Å²) in [5.41, 5.74) is 0.661. The third kappa shape index (κ3) is 4.73. The van der Waals surface area contributed by atoms with Crippen molar-refractivity contribution < 1.29 is 4.74 Å². The zero-order valence-electron chi connectivity index (χ0n) is 16.5. The van der Waals surface area contributed by atoms with Crippen LogP contribution >= 0.6 is 43.5 Å². The Morgan fingerprint density at radius 1 is 1.24 bits per heavy atom. The minimum Gasteiger partial charge on any atom is -0.492 e. The topological polar surface area (TPSA) is 56.5 Å². The van der Waals surface area contributed by atoms with Crippen LogP contribution in [-0.4, -0.2) is 22.5 Å². The largest absolute Gasteiger partial charge is 0.492 e. The first-order valence-electron chi connectivity index (χ1n) is 9.01. The van der Waals surface area contributed by atoms with E-state index in [9.17, 15) is 4.79 Å². The molecule has 0 N–H and O–H groups in total. The van der Waals surface area contributed by atoms with E-state index < -0.39 is 5.41 Å². The number of benzene rings is 2. The molecule has 3 aromatic rings. The second kappa shape index (κ2) is 8.58. The summed E-state index contributed by atoms with van der Waals surface area (Å²) in [5.74, 6) is 1.18. The van der Waals surface area contributed by atoms with Crippen LogP contribution in [0.4, 0.5) is 0 Å². The Bertz CT molecular complexity index is 1170. The van der Waals surface area contributed by atoms with Crippen LogP contribution in [0.1, 0.15) is 39.1 Å². The predicted octanol–water partition coefficient (Wildman–Crippen LogP) is 6.15. The fourth-order valence-electron chi connectivity index (χ4n) is 2.83. The Balaban J connectivity index is 2.25. The molecule has 3 rings (SSSR count). The molecule has 1 heterocycles. The van der Waals surface area contributed by atoms with E-state index in [1.54, 1.807) is 24.4 Å². The van der Waals surface area contributed by atoms with Crippen LogP contribution in [0.15, 0.2) is 49.2 Å². The number of hydrogen-bond donors (Lipinski definition) is 0. The average molecular weight is 542 g/mol. The van der Waals surface area contributed by atoms with Crippen LogP contribution in [0.25, 0.3) is 10.9 Å². The molecule has 0 radical (unpaired) electrons. The lowest BCUT2D eigenvalue weighted by molar-refractivity contribution is 0.337. The molecule has 29 heavy (non-hydrogen) atoms. The first-order chi connectivity index (χ1) is 13.6. The van der Waals surface area contributed by atoms with Crippen LogP contribution in [0.2, 0.25) is 5.02 Å². The Labute approximate surface area is 191 Å². The molecule has 2 aromatic carbocycles. The van der Waals surface area contributed by atoms with Gasteiger partial charge < -0.3 is 4.74 Å². The molecule has 1 aromatic heterocycles. The van der Waals surface area contributed by atoms with Crippen molar-refractivity contribution in [2.75, 3.05) is 6.61 Å². The highest BCUT2D eigenvalue weighted by Crippen LogP contribution is 2.32. The third-order valence-corrected chi connectivity index (χ3v) is 5.42. The molecule has 0 aliphatic heterocycles. The van der Waals surface area contributed by atoms with Crippen LogP contribution < -0.4 is 10.3 Å². The van der Waals surface area contributed by atoms with Gasteiger partial charge in [0.2, 0.25) is 0 Å². The quantitative estimate of drug-likeness (QED) is 0.372. The van der Waals surface area contributed by atoms with Crippen molar-refractivity contribution in [2.45, 2.75) is 33.1 Å². The minimum atomic E-state index is -0.393. The lowest BCUT2D eigenvalue weighted by Gasteiger charge is -2.21. The van der Waals surface area contributed by atoms with Gasteiger partial charge in [-0.05, 0) is 53.2 Å². The predicted molar refractivity (Wildman–Crippen MR) is 126 cm³/mol. The maximum Gasteiger partial charge on any atom is 0.282 e. The Morgan fingerprint density at radius 2 is 1.97 bits per heavy atom. The molecule has 152 valence electrons. The molecular formula is C21H20Br2ClN3O2. The van der Waals surface area contributed by atoms with Crippen molar-refractivity contribution >= 4 is 60.6 Å². The van der Waals surface area contributed by atoms with Crippen LogP contribution in [0.3, 0.4) is 0 Å². The summed E-state index contributed by atoms with van der Waals surface area (Å²) in [4.78, 5) is 18.0. The zero-order valence-corrected chi connectivity index (χ0v) is 20.4. The van der Waals surface area contributed by atoms with Gasteiger partial charge in [0.05, 0.1) is 28.2 Å². The van der Waals surface area contributed by atoms with Gasteiger partial charge in [-0.25, -0.2) is 4.98 Å². The second-order valence-electron chi connectivity index (χ2n) is 7.45. The van der Waals surface area contributed by atoms with E-state index >= 15 is 0 Å². The van der Waals surface area contributed by atoms with E-state index in [1.165, 1.54) is 4.68 Å². The van der Waals surface area contributed by atoms with Gasteiger partial charge in [-0.3, -0.25) is 4.79 Å². The Hall–Kier alpha value is -1.70. The molecule has 0 aliphatic rings. The van der Waals surface area contributed by atoms with Gasteiger partial charge in [-0.15, -0.1) is 0 Å². The number of hydrogen-bond acceptors (Lipinski definition) is 4. The summed E-state index contributed by atoms with van der Waals surface area (Å²) < 4.78 is 8.59. The van der Waals surface area contributed by atoms with Crippen molar-refractivity contribution in [1.29, 1.82) is 0 Å². The van der Waals surface area contributed by atoms with Gasteiger partial charge in [0, 0.05) is 20.5 Å². The summed E-state index contributed by atoms with van der Waals surface area (Å²) in [5, 5.41) is 5.51. The van der Waals surface area contributed by atoms with Crippen molar-refractivity contribution in [3.05, 3.63) is 66.0 Å². The van der Waals surface area contributed by atoms with E-state index in [0.717, 1.165) is 8.95 Å². The SMILES string of the molecule is CCOc1c(Br)cc(Cl)cc1C=Nn1c(C(C)(C)C)nc2ccc(Br)cc2c1=O. The highest BCUT2D eigenvalue weighted by atomic mass is 79.9. The van der Waals surface area contributed by atoms with Gasteiger partial charge in [-0.1, -0.05) is 48.3 Å². The number of aromatic nitrogens is 2. The number of rotatable bonds is 4. The fourth-order valence-corrected chi connectivity index (χ4v) is 4.14. The molecular weight excluding hydrogens is 522 g/mol. The minimum absolute atomic E-state index is 0.239. The molecule has 5 nitrogen and oxygen atoms in total. The number of nitrogens with zero attached hydrogens (tertiary/aromatic N) is 3. The Kier molecular flexibility index (Phi) is 6.51. The second-order valence-corrected chi connectivity index (χ2v) is 9.65. The van der Waals surface area contributed by atoms with E-state index in [1.807, 2.05) is 39.8 Å². The molecule has 0 aliphatic carbocycles. The van der Waals surface area contributed by atoms with Crippen LogP contribution in [0.5, 0.6) is 5.75 Å². The maximum absolute atomic E-state index is 13.2. The number of fused-ring (bicyclic) bond motifs is 1. The van der Waals surface area contributed by atoms with Crippen molar-refractivity contribution in [3.8, 4) is 5.75 Å². The average Bonchev–Trinajstić information content (AvgIpc) is 2.63. The normalized spacial score (nSPS) is 12.1. The lowest BCUT2D eigenvalue weighted by atomic mass is 9.95. The summed E-state index contributed by atoms with van der Waals surface area (Å²) in [7, 11) is 0. The van der Waals surface area contributed by atoms with Crippen molar-refractivity contribution in [1.82, 2.24) is 9.66 Å². The van der Waals surface area contributed by atoms with Crippen molar-refractivity contribution in [3.63, 3.8) is 0 Å². The molecule has 0 unspecified atom stereocenters. The summed E-state index contributed by atoms with van der Waals surface area (Å²) in [6.07, 6.45) is 1.57. The summed E-state index contributed by atoms with van der Waals surface area (Å²) >= 11 is 13.1. The highest BCUT2D eigenvalue weighted by molar-refractivity contribution is 9.10. The number of halogens is 3. The first kappa shape index (κ1) is 22.0. The molecule has 8 heteroatoms. The van der Waals surface area contributed by atoms with E-state index in [-0.39, 0.29) is 5.56 Å². The molecule has 0 amide bonds.